The van der Waals surface area contributed by atoms with Crippen molar-refractivity contribution in [2.45, 2.75) is 6.92 Å². The van der Waals surface area contributed by atoms with E-state index in [2.05, 4.69) is 4.98 Å². The quantitative estimate of drug-likeness (QED) is 0.861. The van der Waals surface area contributed by atoms with Gasteiger partial charge in [-0.25, -0.2) is 4.79 Å². The van der Waals surface area contributed by atoms with Gasteiger partial charge in [0, 0.05) is 12.6 Å². The highest BCUT2D eigenvalue weighted by molar-refractivity contribution is 5.63. The summed E-state index contributed by atoms with van der Waals surface area (Å²) in [5.41, 5.74) is 1.16. The van der Waals surface area contributed by atoms with Gasteiger partial charge in [0.2, 0.25) is 0 Å². The summed E-state index contributed by atoms with van der Waals surface area (Å²) in [6.45, 7) is 1.69. The second kappa shape index (κ2) is 4.52. The SMILES string of the molecule is COc1ccc(-c2c(C)c(=O)[nH]c(=O)n2C)cc1. The van der Waals surface area contributed by atoms with Gasteiger partial charge in [0.1, 0.15) is 5.75 Å². The number of methoxy groups -OCH3 is 1. The molecule has 0 saturated heterocycles. The summed E-state index contributed by atoms with van der Waals surface area (Å²) < 4.78 is 6.51. The highest BCUT2D eigenvalue weighted by Gasteiger charge is 2.10. The number of rotatable bonds is 2. The van der Waals surface area contributed by atoms with Gasteiger partial charge in [0.15, 0.2) is 0 Å². The number of aromatic amines is 1. The fraction of sp³-hybridized carbons (Fsp3) is 0.231. The zero-order valence-corrected chi connectivity index (χ0v) is 10.5. The lowest BCUT2D eigenvalue weighted by molar-refractivity contribution is 0.415. The van der Waals surface area contributed by atoms with Gasteiger partial charge in [0.25, 0.3) is 5.56 Å². The molecule has 1 aromatic heterocycles. The molecule has 0 unspecified atom stereocenters. The molecule has 18 heavy (non-hydrogen) atoms. The summed E-state index contributed by atoms with van der Waals surface area (Å²) in [5.74, 6) is 0.728. The van der Waals surface area contributed by atoms with Crippen LogP contribution in [0.25, 0.3) is 11.3 Å². The third kappa shape index (κ3) is 1.95. The number of nitrogens with zero attached hydrogens (tertiary/aromatic N) is 1. The van der Waals surface area contributed by atoms with E-state index >= 15 is 0 Å². The molecule has 1 aromatic carbocycles. The maximum absolute atomic E-state index is 11.6. The Kier molecular flexibility index (Phi) is 3.06. The summed E-state index contributed by atoms with van der Waals surface area (Å²) in [4.78, 5) is 25.5. The zero-order valence-electron chi connectivity index (χ0n) is 10.5. The first-order chi connectivity index (χ1) is 8.54. The third-order valence-corrected chi connectivity index (χ3v) is 2.92. The van der Waals surface area contributed by atoms with Crippen molar-refractivity contribution in [2.24, 2.45) is 7.05 Å². The van der Waals surface area contributed by atoms with Crippen LogP contribution >= 0.6 is 0 Å². The van der Waals surface area contributed by atoms with E-state index in [0.29, 0.717) is 11.3 Å². The molecule has 0 amide bonds. The van der Waals surface area contributed by atoms with Gasteiger partial charge in [-0.05, 0) is 36.8 Å². The lowest BCUT2D eigenvalue weighted by Gasteiger charge is -2.11. The van der Waals surface area contributed by atoms with Crippen molar-refractivity contribution in [3.8, 4) is 17.0 Å². The maximum Gasteiger partial charge on any atom is 0.328 e. The largest absolute Gasteiger partial charge is 0.497 e. The van der Waals surface area contributed by atoms with E-state index < -0.39 is 5.69 Å². The molecule has 0 atom stereocenters. The van der Waals surface area contributed by atoms with Gasteiger partial charge >= 0.3 is 5.69 Å². The molecule has 94 valence electrons. The van der Waals surface area contributed by atoms with Crippen molar-refractivity contribution in [3.05, 3.63) is 50.7 Å². The highest BCUT2D eigenvalue weighted by Crippen LogP contribution is 2.22. The predicted molar refractivity (Wildman–Crippen MR) is 69.0 cm³/mol. The average Bonchev–Trinajstić information content (AvgIpc) is 2.37. The van der Waals surface area contributed by atoms with Crippen LogP contribution in [0.2, 0.25) is 0 Å². The van der Waals surface area contributed by atoms with E-state index in [1.807, 2.05) is 12.1 Å². The molecule has 0 fully saturated rings. The molecular weight excluding hydrogens is 232 g/mol. The number of ether oxygens (including phenoxy) is 1. The Morgan fingerprint density at radius 3 is 2.33 bits per heavy atom. The van der Waals surface area contributed by atoms with Crippen molar-refractivity contribution in [1.29, 1.82) is 0 Å². The number of aromatic nitrogens is 2. The van der Waals surface area contributed by atoms with Crippen molar-refractivity contribution >= 4 is 0 Å². The fourth-order valence-electron chi connectivity index (χ4n) is 1.89. The smallest absolute Gasteiger partial charge is 0.328 e. The Bertz CT molecular complexity index is 647. The van der Waals surface area contributed by atoms with Crippen LogP contribution in [0.1, 0.15) is 5.56 Å². The number of benzene rings is 1. The van der Waals surface area contributed by atoms with Crippen LogP contribution in [-0.2, 0) is 7.05 Å². The fourth-order valence-corrected chi connectivity index (χ4v) is 1.89. The predicted octanol–water partition coefficient (Wildman–Crippen LogP) is 1.06. The molecule has 2 aromatic rings. The zero-order chi connectivity index (χ0) is 13.3. The van der Waals surface area contributed by atoms with E-state index in [0.717, 1.165) is 11.3 Å². The van der Waals surface area contributed by atoms with Gasteiger partial charge in [-0.2, -0.15) is 0 Å². The molecule has 0 saturated carbocycles. The minimum absolute atomic E-state index is 0.357. The van der Waals surface area contributed by atoms with Gasteiger partial charge in [-0.3, -0.25) is 14.3 Å². The van der Waals surface area contributed by atoms with Crippen LogP contribution in [0.4, 0.5) is 0 Å². The molecular formula is C13H14N2O3. The molecule has 0 aliphatic carbocycles. The molecule has 0 radical (unpaired) electrons. The minimum atomic E-state index is -0.420. The molecule has 0 bridgehead atoms. The van der Waals surface area contributed by atoms with E-state index in [9.17, 15) is 9.59 Å². The van der Waals surface area contributed by atoms with Crippen LogP contribution < -0.4 is 16.0 Å². The molecule has 5 heteroatoms. The van der Waals surface area contributed by atoms with Crippen molar-refractivity contribution in [3.63, 3.8) is 0 Å². The topological polar surface area (TPSA) is 64.1 Å². The summed E-state index contributed by atoms with van der Waals surface area (Å²) >= 11 is 0. The van der Waals surface area contributed by atoms with Crippen LogP contribution in [0.15, 0.2) is 33.9 Å². The first kappa shape index (κ1) is 12.2. The van der Waals surface area contributed by atoms with Crippen LogP contribution in [0.3, 0.4) is 0 Å². The Balaban J connectivity index is 2.70. The monoisotopic (exact) mass is 246 g/mol. The molecule has 0 spiro atoms. The molecule has 0 aliphatic heterocycles. The maximum atomic E-state index is 11.6. The lowest BCUT2D eigenvalue weighted by atomic mass is 10.1. The van der Waals surface area contributed by atoms with Crippen LogP contribution in [-0.4, -0.2) is 16.7 Å². The van der Waals surface area contributed by atoms with E-state index in [4.69, 9.17) is 4.74 Å². The number of nitrogens with one attached hydrogen (secondary N) is 1. The summed E-state index contributed by atoms with van der Waals surface area (Å²) in [6, 6.07) is 7.22. The average molecular weight is 246 g/mol. The summed E-state index contributed by atoms with van der Waals surface area (Å²) in [5, 5.41) is 0. The number of hydrogen-bond acceptors (Lipinski definition) is 3. The van der Waals surface area contributed by atoms with Gasteiger partial charge in [-0.15, -0.1) is 0 Å². The molecule has 2 rings (SSSR count). The van der Waals surface area contributed by atoms with E-state index in [1.54, 1.807) is 33.2 Å². The van der Waals surface area contributed by atoms with Crippen molar-refractivity contribution < 1.29 is 4.74 Å². The minimum Gasteiger partial charge on any atom is -0.497 e. The molecule has 1 heterocycles. The first-order valence-corrected chi connectivity index (χ1v) is 5.49. The second-order valence-electron chi connectivity index (χ2n) is 4.02. The Hall–Kier alpha value is -2.30. The normalized spacial score (nSPS) is 10.4. The third-order valence-electron chi connectivity index (χ3n) is 2.92. The lowest BCUT2D eigenvalue weighted by Crippen LogP contribution is -2.31. The first-order valence-electron chi connectivity index (χ1n) is 5.49. The van der Waals surface area contributed by atoms with E-state index in [1.165, 1.54) is 4.57 Å². The van der Waals surface area contributed by atoms with Gasteiger partial charge < -0.3 is 4.74 Å². The summed E-state index contributed by atoms with van der Waals surface area (Å²) in [7, 11) is 3.22. The van der Waals surface area contributed by atoms with Crippen LogP contribution in [0.5, 0.6) is 5.75 Å². The standard InChI is InChI=1S/C13H14N2O3/c1-8-11(15(2)13(17)14-12(8)16)9-4-6-10(18-3)7-5-9/h4-7H,1-3H3,(H,14,16,17). The number of H-pyrrole nitrogens is 1. The van der Waals surface area contributed by atoms with Crippen molar-refractivity contribution in [1.82, 2.24) is 9.55 Å². The molecule has 1 N–H and O–H groups in total. The van der Waals surface area contributed by atoms with Crippen LogP contribution in [0, 0.1) is 6.92 Å². The Labute approximate surface area is 104 Å². The molecule has 5 nitrogen and oxygen atoms in total. The second-order valence-corrected chi connectivity index (χ2v) is 4.02. The summed E-state index contributed by atoms with van der Waals surface area (Å²) in [6.07, 6.45) is 0. The van der Waals surface area contributed by atoms with E-state index in [-0.39, 0.29) is 5.56 Å². The van der Waals surface area contributed by atoms with Gasteiger partial charge in [0.05, 0.1) is 12.8 Å². The Morgan fingerprint density at radius 2 is 1.78 bits per heavy atom. The van der Waals surface area contributed by atoms with Gasteiger partial charge in [-0.1, -0.05) is 0 Å². The molecule has 0 aliphatic rings. The highest BCUT2D eigenvalue weighted by atomic mass is 16.5. The number of hydrogen-bond donors (Lipinski definition) is 1. The Morgan fingerprint density at radius 1 is 1.17 bits per heavy atom. The van der Waals surface area contributed by atoms with Crippen molar-refractivity contribution in [2.75, 3.05) is 7.11 Å².